The van der Waals surface area contributed by atoms with Gasteiger partial charge in [0, 0.05) is 27.7 Å². The average molecular weight is 493 g/mol. The van der Waals surface area contributed by atoms with E-state index < -0.39 is 23.9 Å². The molecule has 0 heterocycles. The van der Waals surface area contributed by atoms with E-state index in [1.807, 2.05) is 0 Å². The number of ether oxygens (including phenoxy) is 3. The van der Waals surface area contributed by atoms with E-state index in [4.69, 9.17) is 14.2 Å². The second-order valence-corrected chi connectivity index (χ2v) is 8.50. The lowest BCUT2D eigenvalue weighted by Gasteiger charge is -2.20. The van der Waals surface area contributed by atoms with E-state index >= 15 is 0 Å². The Labute approximate surface area is 189 Å². The van der Waals surface area contributed by atoms with Crippen molar-refractivity contribution in [2.24, 2.45) is 5.41 Å². The molecule has 0 atom stereocenters. The molecule has 2 N–H and O–H groups in total. The summed E-state index contributed by atoms with van der Waals surface area (Å²) in [5, 5.41) is 5.34. The van der Waals surface area contributed by atoms with E-state index in [1.165, 1.54) is 26.4 Å². The summed E-state index contributed by atoms with van der Waals surface area (Å²) in [5.41, 5.74) is 0.0925. The number of rotatable bonds is 7. The highest BCUT2D eigenvalue weighted by atomic mass is 79.9. The Bertz CT molecular complexity index is 967. The number of benzene rings is 2. The number of carbonyl (C=O) groups is 3. The van der Waals surface area contributed by atoms with Crippen molar-refractivity contribution < 1.29 is 28.6 Å². The van der Waals surface area contributed by atoms with Gasteiger partial charge in [-0.05, 0) is 24.3 Å². The highest BCUT2D eigenvalue weighted by molar-refractivity contribution is 9.10. The summed E-state index contributed by atoms with van der Waals surface area (Å²) in [6.45, 7) is 4.73. The van der Waals surface area contributed by atoms with Crippen LogP contribution in [0.25, 0.3) is 0 Å². The quantitative estimate of drug-likeness (QED) is 0.560. The molecule has 0 aliphatic heterocycles. The molecule has 2 rings (SSSR count). The number of carbonyl (C=O) groups excluding carboxylic acids is 3. The van der Waals surface area contributed by atoms with Crippen molar-refractivity contribution >= 4 is 45.1 Å². The Morgan fingerprint density at radius 1 is 0.935 bits per heavy atom. The third-order valence-corrected chi connectivity index (χ3v) is 4.66. The number of nitrogens with one attached hydrogen (secondary N) is 2. The van der Waals surface area contributed by atoms with Gasteiger partial charge in [-0.1, -0.05) is 36.7 Å². The molecule has 0 aromatic heterocycles. The second-order valence-electron chi connectivity index (χ2n) is 7.59. The first-order chi connectivity index (χ1) is 14.5. The summed E-state index contributed by atoms with van der Waals surface area (Å²) >= 11 is 3.31. The molecule has 0 bridgehead atoms. The van der Waals surface area contributed by atoms with Crippen molar-refractivity contribution in [1.29, 1.82) is 0 Å². The second kappa shape index (κ2) is 10.3. The van der Waals surface area contributed by atoms with Gasteiger partial charge in [0.25, 0.3) is 5.91 Å². The van der Waals surface area contributed by atoms with E-state index in [0.717, 1.165) is 4.47 Å². The molecule has 0 aliphatic rings. The summed E-state index contributed by atoms with van der Waals surface area (Å²) in [5.74, 6) is -0.993. The SMILES string of the molecule is COc1cc(NC(=O)C(C)(C)C)c(C(=O)OCC(=O)Nc2ccc(Br)cc2)cc1OC. The van der Waals surface area contributed by atoms with E-state index in [1.54, 1.807) is 45.0 Å². The highest BCUT2D eigenvalue weighted by Crippen LogP contribution is 2.34. The minimum absolute atomic E-state index is 0.0340. The molecule has 0 spiro atoms. The van der Waals surface area contributed by atoms with Crippen molar-refractivity contribution in [3.63, 3.8) is 0 Å². The number of anilines is 2. The van der Waals surface area contributed by atoms with Crippen LogP contribution < -0.4 is 20.1 Å². The van der Waals surface area contributed by atoms with Crippen LogP contribution in [0.15, 0.2) is 40.9 Å². The maximum absolute atomic E-state index is 12.7. The van der Waals surface area contributed by atoms with Crippen LogP contribution >= 0.6 is 15.9 Å². The normalized spacial score (nSPS) is 10.8. The van der Waals surface area contributed by atoms with E-state index in [0.29, 0.717) is 11.4 Å². The Balaban J connectivity index is 2.19. The smallest absolute Gasteiger partial charge is 0.340 e. The fourth-order valence-corrected chi connectivity index (χ4v) is 2.66. The van der Waals surface area contributed by atoms with Gasteiger partial charge >= 0.3 is 5.97 Å². The summed E-state index contributed by atoms with van der Waals surface area (Å²) in [7, 11) is 2.86. The summed E-state index contributed by atoms with van der Waals surface area (Å²) < 4.78 is 16.5. The van der Waals surface area contributed by atoms with E-state index in [2.05, 4.69) is 26.6 Å². The number of hydrogen-bond donors (Lipinski definition) is 2. The summed E-state index contributed by atoms with van der Waals surface area (Å²) in [4.78, 5) is 37.3. The Morgan fingerprint density at radius 3 is 2.06 bits per heavy atom. The lowest BCUT2D eigenvalue weighted by atomic mass is 9.95. The topological polar surface area (TPSA) is 103 Å². The molecule has 9 heteroatoms. The van der Waals surface area contributed by atoms with Gasteiger partial charge in [-0.2, -0.15) is 0 Å². The van der Waals surface area contributed by atoms with Crippen LogP contribution in [0.1, 0.15) is 31.1 Å². The molecule has 31 heavy (non-hydrogen) atoms. The molecule has 0 saturated carbocycles. The zero-order valence-corrected chi connectivity index (χ0v) is 19.6. The van der Waals surface area contributed by atoms with Crippen LogP contribution in [0.4, 0.5) is 11.4 Å². The lowest BCUT2D eigenvalue weighted by molar-refractivity contribution is -0.123. The average Bonchev–Trinajstić information content (AvgIpc) is 2.72. The van der Waals surface area contributed by atoms with Gasteiger partial charge in [-0.3, -0.25) is 9.59 Å². The third kappa shape index (κ3) is 6.71. The fraction of sp³-hybridized carbons (Fsp3) is 0.318. The zero-order chi connectivity index (χ0) is 23.2. The Hall–Kier alpha value is -3.07. The molecule has 0 saturated heterocycles. The molecular formula is C22H25BrN2O6. The zero-order valence-electron chi connectivity index (χ0n) is 18.0. The predicted octanol–water partition coefficient (Wildman–Crippen LogP) is 4.25. The van der Waals surface area contributed by atoms with Crippen LogP contribution in [0.2, 0.25) is 0 Å². The van der Waals surface area contributed by atoms with Crippen molar-refractivity contribution in [3.8, 4) is 11.5 Å². The molecule has 2 aromatic carbocycles. The van der Waals surface area contributed by atoms with Crippen molar-refractivity contribution in [2.45, 2.75) is 20.8 Å². The van der Waals surface area contributed by atoms with Crippen LogP contribution in [0, 0.1) is 5.41 Å². The number of amides is 2. The lowest BCUT2D eigenvalue weighted by Crippen LogP contribution is -2.29. The number of halogens is 1. The Kier molecular flexibility index (Phi) is 8.04. The largest absolute Gasteiger partial charge is 0.493 e. The van der Waals surface area contributed by atoms with Crippen LogP contribution in [0.3, 0.4) is 0 Å². The van der Waals surface area contributed by atoms with Gasteiger partial charge < -0.3 is 24.8 Å². The molecule has 166 valence electrons. The van der Waals surface area contributed by atoms with Gasteiger partial charge in [0.15, 0.2) is 18.1 Å². The third-order valence-electron chi connectivity index (χ3n) is 4.14. The minimum atomic E-state index is -0.795. The highest BCUT2D eigenvalue weighted by Gasteiger charge is 2.25. The maximum Gasteiger partial charge on any atom is 0.340 e. The first kappa shape index (κ1) is 24.2. The molecule has 0 fully saturated rings. The first-order valence-corrected chi connectivity index (χ1v) is 10.1. The van der Waals surface area contributed by atoms with Crippen molar-refractivity contribution in [3.05, 3.63) is 46.4 Å². The maximum atomic E-state index is 12.7. The number of methoxy groups -OCH3 is 2. The van der Waals surface area contributed by atoms with E-state index in [9.17, 15) is 14.4 Å². The molecular weight excluding hydrogens is 468 g/mol. The van der Waals surface area contributed by atoms with Gasteiger partial charge in [-0.25, -0.2) is 4.79 Å². The standard InChI is InChI=1S/C22H25BrN2O6/c1-22(2,3)21(28)25-16-11-18(30-5)17(29-4)10-15(16)20(27)31-12-19(26)24-14-8-6-13(23)7-9-14/h6-11H,12H2,1-5H3,(H,24,26)(H,25,28). The molecule has 0 aliphatic carbocycles. The molecule has 2 aromatic rings. The fourth-order valence-electron chi connectivity index (χ4n) is 2.40. The molecule has 0 radical (unpaired) electrons. The van der Waals surface area contributed by atoms with Gasteiger partial charge in [-0.15, -0.1) is 0 Å². The van der Waals surface area contributed by atoms with Gasteiger partial charge in [0.2, 0.25) is 5.91 Å². The van der Waals surface area contributed by atoms with E-state index in [-0.39, 0.29) is 22.9 Å². The monoisotopic (exact) mass is 492 g/mol. The Morgan fingerprint density at radius 2 is 1.52 bits per heavy atom. The van der Waals surface area contributed by atoms with Gasteiger partial charge in [0.1, 0.15) is 0 Å². The molecule has 0 unspecified atom stereocenters. The van der Waals surface area contributed by atoms with Crippen LogP contribution in [-0.4, -0.2) is 38.6 Å². The van der Waals surface area contributed by atoms with Gasteiger partial charge in [0.05, 0.1) is 25.5 Å². The summed E-state index contributed by atoms with van der Waals surface area (Å²) in [6.07, 6.45) is 0. The van der Waals surface area contributed by atoms with Crippen LogP contribution in [-0.2, 0) is 14.3 Å². The van der Waals surface area contributed by atoms with Crippen molar-refractivity contribution in [1.82, 2.24) is 0 Å². The first-order valence-electron chi connectivity index (χ1n) is 9.35. The minimum Gasteiger partial charge on any atom is -0.493 e. The molecule has 2 amide bonds. The molecule has 8 nitrogen and oxygen atoms in total. The predicted molar refractivity (Wildman–Crippen MR) is 121 cm³/mol. The van der Waals surface area contributed by atoms with Crippen molar-refractivity contribution in [2.75, 3.05) is 31.5 Å². The van der Waals surface area contributed by atoms with Crippen LogP contribution in [0.5, 0.6) is 11.5 Å². The summed E-state index contributed by atoms with van der Waals surface area (Å²) in [6, 6.07) is 9.83. The number of esters is 1. The number of hydrogen-bond acceptors (Lipinski definition) is 6.